The molecule has 1 aliphatic carbocycles. The first-order valence-electron chi connectivity index (χ1n) is 21.0. The number of aromatic nitrogens is 3. The van der Waals surface area contributed by atoms with Gasteiger partial charge < -0.3 is 4.74 Å². The zero-order valence-corrected chi connectivity index (χ0v) is 33.6. The minimum atomic E-state index is -0.605. The van der Waals surface area contributed by atoms with Gasteiger partial charge in [0.05, 0.1) is 5.41 Å². The lowest BCUT2D eigenvalue weighted by atomic mass is 9.66. The number of para-hydroxylation sites is 2. The van der Waals surface area contributed by atoms with Crippen LogP contribution >= 0.6 is 0 Å². The Morgan fingerprint density at radius 2 is 0.581 bits per heavy atom. The predicted octanol–water partition coefficient (Wildman–Crippen LogP) is 14.3. The summed E-state index contributed by atoms with van der Waals surface area (Å²) in [6.45, 7) is 0. The predicted molar refractivity (Wildman–Crippen MR) is 250 cm³/mol. The van der Waals surface area contributed by atoms with Crippen molar-refractivity contribution < 1.29 is 4.74 Å². The molecular weight excluding hydrogens is 755 g/mol. The fourth-order valence-corrected chi connectivity index (χ4v) is 9.51. The van der Waals surface area contributed by atoms with E-state index in [-0.39, 0.29) is 0 Å². The molecule has 0 unspecified atom stereocenters. The molecule has 62 heavy (non-hydrogen) atoms. The molecule has 0 atom stereocenters. The number of hydrogen-bond acceptors (Lipinski definition) is 4. The maximum atomic E-state index is 6.64. The van der Waals surface area contributed by atoms with Gasteiger partial charge in [0.2, 0.25) is 0 Å². The van der Waals surface area contributed by atoms with E-state index < -0.39 is 5.41 Å². The number of fused-ring (bicyclic) bond motifs is 9. The summed E-state index contributed by atoms with van der Waals surface area (Å²) >= 11 is 0. The highest BCUT2D eigenvalue weighted by atomic mass is 16.5. The summed E-state index contributed by atoms with van der Waals surface area (Å²) in [5, 5.41) is 0. The van der Waals surface area contributed by atoms with Crippen LogP contribution in [-0.4, -0.2) is 15.0 Å². The number of ether oxygens (including phenoxy) is 1. The Bertz CT molecular complexity index is 3190. The van der Waals surface area contributed by atoms with Crippen LogP contribution in [-0.2, 0) is 5.41 Å². The van der Waals surface area contributed by atoms with E-state index in [4.69, 9.17) is 19.7 Å². The maximum absolute atomic E-state index is 6.64. The van der Waals surface area contributed by atoms with E-state index >= 15 is 0 Å². The van der Waals surface area contributed by atoms with Gasteiger partial charge in [-0.15, -0.1) is 0 Å². The van der Waals surface area contributed by atoms with Crippen molar-refractivity contribution in [2.75, 3.05) is 0 Å². The van der Waals surface area contributed by atoms with Gasteiger partial charge in [-0.3, -0.25) is 0 Å². The molecule has 1 aromatic heterocycles. The van der Waals surface area contributed by atoms with E-state index in [9.17, 15) is 0 Å². The van der Waals surface area contributed by atoms with Crippen LogP contribution in [0.2, 0.25) is 0 Å². The summed E-state index contributed by atoms with van der Waals surface area (Å²) in [7, 11) is 0. The average molecular weight is 792 g/mol. The molecule has 0 saturated carbocycles. The smallest absolute Gasteiger partial charge is 0.164 e. The van der Waals surface area contributed by atoms with E-state index in [1.807, 2.05) is 60.7 Å². The highest BCUT2D eigenvalue weighted by Gasteiger charge is 2.51. The van der Waals surface area contributed by atoms with Crippen molar-refractivity contribution in [3.8, 4) is 90.2 Å². The fraction of sp³-hybridized carbons (Fsp3) is 0.0172. The summed E-state index contributed by atoms with van der Waals surface area (Å²) in [5.74, 6) is 3.62. The van der Waals surface area contributed by atoms with Gasteiger partial charge in [-0.25, -0.2) is 15.0 Å². The number of benzene rings is 9. The third kappa shape index (κ3) is 5.80. The number of nitrogens with zero attached hydrogens (tertiary/aromatic N) is 3. The lowest BCUT2D eigenvalue weighted by Gasteiger charge is -2.39. The molecule has 290 valence electrons. The molecule has 0 fully saturated rings. The minimum absolute atomic E-state index is 0.605. The quantitative estimate of drug-likeness (QED) is 0.168. The van der Waals surface area contributed by atoms with Crippen LogP contribution in [0.15, 0.2) is 224 Å². The topological polar surface area (TPSA) is 47.9 Å². The Morgan fingerprint density at radius 3 is 1.05 bits per heavy atom. The van der Waals surface area contributed by atoms with Gasteiger partial charge in [-0.05, 0) is 79.9 Å². The van der Waals surface area contributed by atoms with Gasteiger partial charge >= 0.3 is 0 Å². The van der Waals surface area contributed by atoms with Crippen molar-refractivity contribution in [2.24, 2.45) is 0 Å². The monoisotopic (exact) mass is 791 g/mol. The van der Waals surface area contributed by atoms with Crippen LogP contribution in [0.1, 0.15) is 22.3 Å². The van der Waals surface area contributed by atoms with Crippen molar-refractivity contribution in [3.63, 3.8) is 0 Å². The normalized spacial score (nSPS) is 12.8. The maximum Gasteiger partial charge on any atom is 0.164 e. The van der Waals surface area contributed by atoms with Crippen molar-refractivity contribution >= 4 is 0 Å². The third-order valence-corrected chi connectivity index (χ3v) is 12.4. The van der Waals surface area contributed by atoms with Crippen molar-refractivity contribution in [1.82, 2.24) is 15.0 Å². The highest BCUT2D eigenvalue weighted by Crippen LogP contribution is 2.62. The standard InChI is InChI=1S/C58H37N3O/c1-4-14-38(15-5-1)39-24-26-40(27-25-39)41-28-30-42(31-29-41)45-32-34-49-47(36-45)48-37-46(57-60-55(43-16-6-2-7-17-43)59-56(61-57)44-18-8-3-9-19-44)33-35-50(48)58(49)51-20-10-12-22-53(51)62-54-23-13-11-21-52(54)58/h1-37H. The molecule has 0 bridgehead atoms. The van der Waals surface area contributed by atoms with Gasteiger partial charge in [0.25, 0.3) is 0 Å². The number of hydrogen-bond donors (Lipinski definition) is 0. The Kier molecular flexibility index (Phi) is 8.36. The van der Waals surface area contributed by atoms with Crippen LogP contribution < -0.4 is 4.74 Å². The summed E-state index contributed by atoms with van der Waals surface area (Å²) in [5.41, 5.74) is 16.3. The van der Waals surface area contributed by atoms with E-state index in [1.165, 1.54) is 38.9 Å². The fourth-order valence-electron chi connectivity index (χ4n) is 9.51. The second kappa shape index (κ2) is 14.5. The Labute approximate surface area is 360 Å². The van der Waals surface area contributed by atoms with Gasteiger partial charge in [-0.1, -0.05) is 200 Å². The molecule has 2 heterocycles. The van der Waals surface area contributed by atoms with Crippen LogP contribution in [0.3, 0.4) is 0 Å². The van der Waals surface area contributed by atoms with Crippen LogP contribution in [0.25, 0.3) is 78.7 Å². The molecule has 0 saturated heterocycles. The lowest BCUT2D eigenvalue weighted by Crippen LogP contribution is -2.32. The van der Waals surface area contributed by atoms with Crippen LogP contribution in [0.4, 0.5) is 0 Å². The average Bonchev–Trinajstić information content (AvgIpc) is 3.64. The first-order chi connectivity index (χ1) is 30.7. The second-order valence-electron chi connectivity index (χ2n) is 15.9. The van der Waals surface area contributed by atoms with E-state index in [0.717, 1.165) is 56.0 Å². The molecular formula is C58H37N3O. The third-order valence-electron chi connectivity index (χ3n) is 12.4. The van der Waals surface area contributed by atoms with Gasteiger partial charge in [0, 0.05) is 27.8 Å². The first-order valence-corrected chi connectivity index (χ1v) is 21.0. The molecule has 0 amide bonds. The summed E-state index contributed by atoms with van der Waals surface area (Å²) in [4.78, 5) is 15.2. The lowest BCUT2D eigenvalue weighted by molar-refractivity contribution is 0.436. The molecule has 4 heteroatoms. The molecule has 0 radical (unpaired) electrons. The van der Waals surface area contributed by atoms with Crippen molar-refractivity contribution in [1.29, 1.82) is 0 Å². The largest absolute Gasteiger partial charge is 0.457 e. The Balaban J connectivity index is 1.02. The minimum Gasteiger partial charge on any atom is -0.457 e. The molecule has 4 nitrogen and oxygen atoms in total. The van der Waals surface area contributed by atoms with Gasteiger partial charge in [0.15, 0.2) is 17.5 Å². The number of rotatable bonds is 6. The zero-order valence-electron chi connectivity index (χ0n) is 33.6. The highest BCUT2D eigenvalue weighted by molar-refractivity contribution is 5.92. The van der Waals surface area contributed by atoms with Crippen molar-refractivity contribution in [3.05, 3.63) is 247 Å². The Morgan fingerprint density at radius 1 is 0.258 bits per heavy atom. The van der Waals surface area contributed by atoms with Crippen LogP contribution in [0.5, 0.6) is 11.5 Å². The summed E-state index contributed by atoms with van der Waals surface area (Å²) in [6.07, 6.45) is 0. The molecule has 1 spiro atoms. The van der Waals surface area contributed by atoms with E-state index in [2.05, 4.69) is 164 Å². The zero-order chi connectivity index (χ0) is 41.0. The SMILES string of the molecule is c1ccc(-c2ccc(-c3ccc(-c4ccc5c(c4)-c4cc(-c6nc(-c7ccccc7)nc(-c7ccccc7)n6)ccc4C54c5ccccc5Oc5ccccc54)cc3)cc2)cc1. The van der Waals surface area contributed by atoms with E-state index in [1.54, 1.807) is 0 Å². The molecule has 1 aliphatic heterocycles. The molecule has 0 N–H and O–H groups in total. The second-order valence-corrected chi connectivity index (χ2v) is 15.9. The van der Waals surface area contributed by atoms with E-state index in [0.29, 0.717) is 17.5 Å². The molecule has 2 aliphatic rings. The van der Waals surface area contributed by atoms with Gasteiger partial charge in [-0.2, -0.15) is 0 Å². The first kappa shape index (κ1) is 35.7. The summed E-state index contributed by atoms with van der Waals surface area (Å²) in [6, 6.07) is 79.3. The Hall–Kier alpha value is -8.21. The van der Waals surface area contributed by atoms with Crippen LogP contribution in [0, 0.1) is 0 Å². The van der Waals surface area contributed by atoms with Crippen molar-refractivity contribution in [2.45, 2.75) is 5.41 Å². The van der Waals surface area contributed by atoms with Gasteiger partial charge in [0.1, 0.15) is 11.5 Å². The molecule has 10 aromatic rings. The molecule has 12 rings (SSSR count). The summed E-state index contributed by atoms with van der Waals surface area (Å²) < 4.78 is 6.64. The molecule has 9 aromatic carbocycles.